The van der Waals surface area contributed by atoms with E-state index in [-0.39, 0.29) is 6.42 Å². The van der Waals surface area contributed by atoms with Crippen LogP contribution in [0.3, 0.4) is 0 Å². The molecule has 0 spiro atoms. The SMILES string of the molecule is O=C(O)CCc1c[nH]c2sccc12. The van der Waals surface area contributed by atoms with Gasteiger partial charge in [-0.25, -0.2) is 0 Å². The molecule has 0 saturated carbocycles. The van der Waals surface area contributed by atoms with Crippen LogP contribution in [0.4, 0.5) is 0 Å². The van der Waals surface area contributed by atoms with Gasteiger partial charge in [-0.1, -0.05) is 0 Å². The Morgan fingerprint density at radius 2 is 2.46 bits per heavy atom. The van der Waals surface area contributed by atoms with E-state index in [1.165, 1.54) is 0 Å². The highest BCUT2D eigenvalue weighted by molar-refractivity contribution is 7.16. The molecule has 2 aromatic heterocycles. The van der Waals surface area contributed by atoms with Crippen molar-refractivity contribution in [3.63, 3.8) is 0 Å². The molecular weight excluding hydrogens is 186 g/mol. The summed E-state index contributed by atoms with van der Waals surface area (Å²) in [5.41, 5.74) is 1.10. The van der Waals surface area contributed by atoms with Gasteiger partial charge in [0.05, 0.1) is 4.83 Å². The highest BCUT2D eigenvalue weighted by atomic mass is 32.1. The van der Waals surface area contributed by atoms with E-state index < -0.39 is 5.97 Å². The number of carbonyl (C=O) groups is 1. The minimum atomic E-state index is -0.746. The Hall–Kier alpha value is -1.29. The van der Waals surface area contributed by atoms with Crippen molar-refractivity contribution in [3.05, 3.63) is 23.2 Å². The van der Waals surface area contributed by atoms with Crippen LogP contribution in [0.25, 0.3) is 10.2 Å². The lowest BCUT2D eigenvalue weighted by atomic mass is 10.1. The third kappa shape index (κ3) is 1.58. The summed E-state index contributed by atoms with van der Waals surface area (Å²) in [6.45, 7) is 0. The molecule has 4 heteroatoms. The third-order valence-electron chi connectivity index (χ3n) is 2.00. The van der Waals surface area contributed by atoms with Gasteiger partial charge in [0.15, 0.2) is 0 Å². The fraction of sp³-hybridized carbons (Fsp3) is 0.222. The number of carboxylic acid groups (broad SMARTS) is 1. The second kappa shape index (κ2) is 3.22. The van der Waals surface area contributed by atoms with E-state index in [4.69, 9.17) is 5.11 Å². The Morgan fingerprint density at radius 3 is 3.23 bits per heavy atom. The summed E-state index contributed by atoms with van der Waals surface area (Å²) in [5, 5.41) is 11.7. The monoisotopic (exact) mass is 195 g/mol. The molecule has 0 saturated heterocycles. The number of rotatable bonds is 3. The fourth-order valence-electron chi connectivity index (χ4n) is 1.35. The highest BCUT2D eigenvalue weighted by Crippen LogP contribution is 2.24. The topological polar surface area (TPSA) is 53.1 Å². The number of hydrogen-bond acceptors (Lipinski definition) is 2. The van der Waals surface area contributed by atoms with Gasteiger partial charge < -0.3 is 10.1 Å². The van der Waals surface area contributed by atoms with Gasteiger partial charge in [0, 0.05) is 18.0 Å². The molecule has 2 rings (SSSR count). The van der Waals surface area contributed by atoms with Crippen LogP contribution < -0.4 is 0 Å². The maximum atomic E-state index is 10.4. The first kappa shape index (κ1) is 8.31. The molecular formula is C9H9NO2S. The molecule has 0 aliphatic rings. The summed E-state index contributed by atoms with van der Waals surface area (Å²) < 4.78 is 0. The smallest absolute Gasteiger partial charge is 0.303 e. The van der Waals surface area contributed by atoms with Gasteiger partial charge in [0.1, 0.15) is 0 Å². The predicted molar refractivity (Wildman–Crippen MR) is 52.1 cm³/mol. The van der Waals surface area contributed by atoms with Gasteiger partial charge in [-0.15, -0.1) is 11.3 Å². The average molecular weight is 195 g/mol. The molecule has 13 heavy (non-hydrogen) atoms. The zero-order chi connectivity index (χ0) is 9.26. The predicted octanol–water partition coefficient (Wildman–Crippen LogP) is 2.25. The normalized spacial score (nSPS) is 10.8. The van der Waals surface area contributed by atoms with Crippen molar-refractivity contribution < 1.29 is 9.90 Å². The number of thiophene rings is 1. The molecule has 2 aromatic rings. The molecule has 0 unspecified atom stereocenters. The number of hydrogen-bond donors (Lipinski definition) is 2. The Kier molecular flexibility index (Phi) is 2.06. The second-order valence-corrected chi connectivity index (χ2v) is 3.79. The Bertz CT molecular complexity index is 429. The lowest BCUT2D eigenvalue weighted by molar-refractivity contribution is -0.136. The number of aliphatic carboxylic acids is 1. The average Bonchev–Trinajstić information content (AvgIpc) is 2.60. The van der Waals surface area contributed by atoms with E-state index in [0.29, 0.717) is 6.42 Å². The van der Waals surface area contributed by atoms with Crippen molar-refractivity contribution in [3.8, 4) is 0 Å². The Morgan fingerprint density at radius 1 is 1.62 bits per heavy atom. The lowest BCUT2D eigenvalue weighted by Gasteiger charge is -1.92. The molecule has 68 valence electrons. The van der Waals surface area contributed by atoms with E-state index in [0.717, 1.165) is 15.8 Å². The molecule has 0 amide bonds. The van der Waals surface area contributed by atoms with E-state index in [9.17, 15) is 4.79 Å². The number of aryl methyl sites for hydroxylation is 1. The highest BCUT2D eigenvalue weighted by Gasteiger charge is 2.05. The van der Waals surface area contributed by atoms with Gasteiger partial charge in [0.2, 0.25) is 0 Å². The summed E-state index contributed by atoms with van der Waals surface area (Å²) >= 11 is 1.64. The van der Waals surface area contributed by atoms with Crippen molar-refractivity contribution in [1.29, 1.82) is 0 Å². The van der Waals surface area contributed by atoms with Gasteiger partial charge in [0.25, 0.3) is 0 Å². The summed E-state index contributed by atoms with van der Waals surface area (Å²) in [4.78, 5) is 14.6. The number of aromatic amines is 1. The van der Waals surface area contributed by atoms with Gasteiger partial charge in [-0.2, -0.15) is 0 Å². The molecule has 2 heterocycles. The van der Waals surface area contributed by atoms with Crippen LogP contribution in [0.1, 0.15) is 12.0 Å². The fourth-order valence-corrected chi connectivity index (χ4v) is 2.15. The van der Waals surface area contributed by atoms with Crippen LogP contribution in [0.15, 0.2) is 17.6 Å². The van der Waals surface area contributed by atoms with Crippen LogP contribution in [-0.2, 0) is 11.2 Å². The number of carboxylic acids is 1. The molecule has 0 aromatic carbocycles. The summed E-state index contributed by atoms with van der Waals surface area (Å²) in [5.74, 6) is -0.746. The van der Waals surface area contributed by atoms with Crippen LogP contribution in [0.5, 0.6) is 0 Å². The molecule has 2 N–H and O–H groups in total. The van der Waals surface area contributed by atoms with Crippen molar-refractivity contribution in [2.75, 3.05) is 0 Å². The summed E-state index contributed by atoms with van der Waals surface area (Å²) in [6.07, 6.45) is 2.69. The zero-order valence-corrected chi connectivity index (χ0v) is 7.73. The van der Waals surface area contributed by atoms with Gasteiger partial charge >= 0.3 is 5.97 Å². The Labute approximate surface area is 79.0 Å². The summed E-state index contributed by atoms with van der Waals surface area (Å²) in [7, 11) is 0. The van der Waals surface area contributed by atoms with Crippen molar-refractivity contribution in [2.24, 2.45) is 0 Å². The lowest BCUT2D eigenvalue weighted by Crippen LogP contribution is -1.96. The van der Waals surface area contributed by atoms with E-state index >= 15 is 0 Å². The van der Waals surface area contributed by atoms with Gasteiger partial charge in [-0.3, -0.25) is 4.79 Å². The molecule has 0 radical (unpaired) electrons. The number of aromatic nitrogens is 1. The molecule has 3 nitrogen and oxygen atoms in total. The Balaban J connectivity index is 2.23. The van der Waals surface area contributed by atoms with E-state index in [1.807, 2.05) is 17.6 Å². The minimum absolute atomic E-state index is 0.197. The first-order valence-electron chi connectivity index (χ1n) is 4.02. The number of fused-ring (bicyclic) bond motifs is 1. The molecule has 0 aliphatic heterocycles. The number of H-pyrrole nitrogens is 1. The van der Waals surface area contributed by atoms with Crippen molar-refractivity contribution in [1.82, 2.24) is 4.98 Å². The third-order valence-corrected chi connectivity index (χ3v) is 2.84. The maximum Gasteiger partial charge on any atom is 0.303 e. The van der Waals surface area contributed by atoms with Gasteiger partial charge in [-0.05, 0) is 23.4 Å². The van der Waals surface area contributed by atoms with Crippen LogP contribution in [-0.4, -0.2) is 16.1 Å². The first-order chi connectivity index (χ1) is 6.27. The molecule has 0 bridgehead atoms. The quantitative estimate of drug-likeness (QED) is 0.789. The number of nitrogens with one attached hydrogen (secondary N) is 1. The van der Waals surface area contributed by atoms with E-state index in [1.54, 1.807) is 11.3 Å². The van der Waals surface area contributed by atoms with Crippen LogP contribution in [0, 0.1) is 0 Å². The second-order valence-electron chi connectivity index (χ2n) is 2.87. The van der Waals surface area contributed by atoms with Crippen LogP contribution >= 0.6 is 11.3 Å². The van der Waals surface area contributed by atoms with E-state index in [2.05, 4.69) is 4.98 Å². The first-order valence-corrected chi connectivity index (χ1v) is 4.90. The van der Waals surface area contributed by atoms with Crippen LogP contribution in [0.2, 0.25) is 0 Å². The van der Waals surface area contributed by atoms with Crippen molar-refractivity contribution in [2.45, 2.75) is 12.8 Å². The zero-order valence-electron chi connectivity index (χ0n) is 6.91. The molecule has 0 fully saturated rings. The maximum absolute atomic E-state index is 10.4. The minimum Gasteiger partial charge on any atom is -0.481 e. The molecule has 0 atom stereocenters. The largest absolute Gasteiger partial charge is 0.481 e. The summed E-state index contributed by atoms with van der Waals surface area (Å²) in [6, 6.07) is 2.02. The standard InChI is InChI=1S/C9H9NO2S/c11-8(12)2-1-6-5-10-9-7(6)3-4-13-9/h3-5,10H,1-2H2,(H,11,12). The van der Waals surface area contributed by atoms with Crippen molar-refractivity contribution >= 4 is 27.5 Å². The molecule has 0 aliphatic carbocycles.